The van der Waals surface area contributed by atoms with Gasteiger partial charge in [0, 0.05) is 0 Å². The van der Waals surface area contributed by atoms with Gasteiger partial charge in [-0.3, -0.25) is 5.84 Å². The van der Waals surface area contributed by atoms with Crippen LogP contribution in [0.25, 0.3) is 0 Å². The van der Waals surface area contributed by atoms with Crippen molar-refractivity contribution in [1.29, 1.82) is 0 Å². The minimum Gasteiger partial charge on any atom is -0.467 e. The first-order valence-electron chi connectivity index (χ1n) is 5.70. The summed E-state index contributed by atoms with van der Waals surface area (Å²) >= 11 is 0. The standard InChI is InChI=1S/C14H18N2O/c1-9-6-10(2)8-12(7-9)13(16-15)14-11(3)4-5-17-14/h4-8,13,16H,15H2,1-3H3. The van der Waals surface area contributed by atoms with Crippen molar-refractivity contribution in [1.82, 2.24) is 5.43 Å². The maximum atomic E-state index is 5.66. The summed E-state index contributed by atoms with van der Waals surface area (Å²) in [4.78, 5) is 0. The lowest BCUT2D eigenvalue weighted by Crippen LogP contribution is -2.29. The van der Waals surface area contributed by atoms with E-state index in [-0.39, 0.29) is 6.04 Å². The predicted molar refractivity (Wildman–Crippen MR) is 68.5 cm³/mol. The number of aryl methyl sites for hydroxylation is 3. The molecule has 1 unspecified atom stereocenters. The molecule has 0 saturated carbocycles. The molecule has 3 heteroatoms. The van der Waals surface area contributed by atoms with Gasteiger partial charge >= 0.3 is 0 Å². The first-order valence-corrected chi connectivity index (χ1v) is 5.70. The van der Waals surface area contributed by atoms with E-state index in [2.05, 4.69) is 37.5 Å². The maximum absolute atomic E-state index is 5.66. The highest BCUT2D eigenvalue weighted by atomic mass is 16.3. The molecule has 1 heterocycles. The van der Waals surface area contributed by atoms with E-state index in [1.165, 1.54) is 11.1 Å². The van der Waals surface area contributed by atoms with Crippen molar-refractivity contribution in [3.63, 3.8) is 0 Å². The Morgan fingerprint density at radius 3 is 2.24 bits per heavy atom. The summed E-state index contributed by atoms with van der Waals surface area (Å²) in [5, 5.41) is 0. The van der Waals surface area contributed by atoms with Crippen LogP contribution in [-0.4, -0.2) is 0 Å². The molecule has 1 aromatic carbocycles. The fourth-order valence-electron chi connectivity index (χ4n) is 2.18. The van der Waals surface area contributed by atoms with E-state index in [9.17, 15) is 0 Å². The number of furan rings is 1. The van der Waals surface area contributed by atoms with Crippen molar-refractivity contribution < 1.29 is 4.42 Å². The Morgan fingerprint density at radius 1 is 1.12 bits per heavy atom. The highest BCUT2D eigenvalue weighted by molar-refractivity contribution is 5.36. The molecule has 0 aliphatic heterocycles. The molecule has 2 rings (SSSR count). The van der Waals surface area contributed by atoms with E-state index in [0.29, 0.717) is 0 Å². The van der Waals surface area contributed by atoms with Gasteiger partial charge in [-0.15, -0.1) is 0 Å². The molecule has 0 radical (unpaired) electrons. The second-order valence-electron chi connectivity index (χ2n) is 4.49. The third-order valence-electron chi connectivity index (χ3n) is 2.91. The summed E-state index contributed by atoms with van der Waals surface area (Å²) in [6.07, 6.45) is 1.69. The number of benzene rings is 1. The molecule has 2 aromatic rings. The highest BCUT2D eigenvalue weighted by Crippen LogP contribution is 2.26. The summed E-state index contributed by atoms with van der Waals surface area (Å²) < 4.78 is 5.51. The van der Waals surface area contributed by atoms with Gasteiger partial charge in [0.1, 0.15) is 11.8 Å². The van der Waals surface area contributed by atoms with E-state index in [0.717, 1.165) is 16.9 Å². The third kappa shape index (κ3) is 2.40. The number of hydrogen-bond donors (Lipinski definition) is 2. The average Bonchev–Trinajstić information content (AvgIpc) is 2.65. The van der Waals surface area contributed by atoms with Crippen LogP contribution in [0.15, 0.2) is 34.9 Å². The monoisotopic (exact) mass is 230 g/mol. The lowest BCUT2D eigenvalue weighted by atomic mass is 9.98. The van der Waals surface area contributed by atoms with Gasteiger partial charge in [-0.1, -0.05) is 29.3 Å². The molecule has 1 atom stereocenters. The summed E-state index contributed by atoms with van der Waals surface area (Å²) in [6, 6.07) is 8.25. The zero-order chi connectivity index (χ0) is 12.4. The van der Waals surface area contributed by atoms with Gasteiger partial charge in [-0.2, -0.15) is 0 Å². The molecule has 17 heavy (non-hydrogen) atoms. The van der Waals surface area contributed by atoms with Gasteiger partial charge < -0.3 is 4.42 Å². The SMILES string of the molecule is Cc1cc(C)cc(C(NN)c2occc2C)c1. The smallest absolute Gasteiger partial charge is 0.129 e. The first kappa shape index (κ1) is 11.9. The molecule has 0 saturated heterocycles. The molecule has 0 amide bonds. The second kappa shape index (κ2) is 4.73. The number of hydrazine groups is 1. The van der Waals surface area contributed by atoms with Crippen LogP contribution in [0.1, 0.15) is 34.1 Å². The molecule has 0 fully saturated rings. The van der Waals surface area contributed by atoms with Crippen molar-refractivity contribution in [2.45, 2.75) is 26.8 Å². The Labute approximate surface area is 102 Å². The van der Waals surface area contributed by atoms with Crippen molar-refractivity contribution in [2.75, 3.05) is 0 Å². The summed E-state index contributed by atoms with van der Waals surface area (Å²) in [6.45, 7) is 6.18. The summed E-state index contributed by atoms with van der Waals surface area (Å²) in [5.74, 6) is 6.53. The quantitative estimate of drug-likeness (QED) is 0.629. The van der Waals surface area contributed by atoms with Crippen molar-refractivity contribution >= 4 is 0 Å². The largest absolute Gasteiger partial charge is 0.467 e. The van der Waals surface area contributed by atoms with Gasteiger partial charge in [0.2, 0.25) is 0 Å². The molecule has 1 aromatic heterocycles. The number of rotatable bonds is 3. The second-order valence-corrected chi connectivity index (χ2v) is 4.49. The maximum Gasteiger partial charge on any atom is 0.129 e. The topological polar surface area (TPSA) is 51.2 Å². The third-order valence-corrected chi connectivity index (χ3v) is 2.91. The van der Waals surface area contributed by atoms with Crippen LogP contribution in [0.4, 0.5) is 0 Å². The van der Waals surface area contributed by atoms with Crippen LogP contribution in [0.3, 0.4) is 0 Å². The average molecular weight is 230 g/mol. The van der Waals surface area contributed by atoms with E-state index >= 15 is 0 Å². The summed E-state index contributed by atoms with van der Waals surface area (Å²) in [7, 11) is 0. The van der Waals surface area contributed by atoms with Crippen molar-refractivity contribution in [3.05, 3.63) is 58.5 Å². The van der Waals surface area contributed by atoms with E-state index in [1.807, 2.05) is 13.0 Å². The number of hydrogen-bond acceptors (Lipinski definition) is 3. The van der Waals surface area contributed by atoms with Crippen LogP contribution in [-0.2, 0) is 0 Å². The normalized spacial score (nSPS) is 12.7. The van der Waals surface area contributed by atoms with Crippen LogP contribution >= 0.6 is 0 Å². The van der Waals surface area contributed by atoms with Gasteiger partial charge in [0.05, 0.1) is 6.26 Å². The molecule has 0 spiro atoms. The number of nitrogens with one attached hydrogen (secondary N) is 1. The van der Waals surface area contributed by atoms with E-state index in [4.69, 9.17) is 10.3 Å². The van der Waals surface area contributed by atoms with Gasteiger partial charge in [-0.25, -0.2) is 5.43 Å². The van der Waals surface area contributed by atoms with Gasteiger partial charge in [0.25, 0.3) is 0 Å². The minimum absolute atomic E-state index is 0.0939. The zero-order valence-corrected chi connectivity index (χ0v) is 10.4. The van der Waals surface area contributed by atoms with Crippen molar-refractivity contribution in [2.24, 2.45) is 5.84 Å². The van der Waals surface area contributed by atoms with E-state index in [1.54, 1.807) is 6.26 Å². The van der Waals surface area contributed by atoms with Crippen molar-refractivity contribution in [3.8, 4) is 0 Å². The molecule has 0 aliphatic carbocycles. The van der Waals surface area contributed by atoms with Crippen LogP contribution in [0.2, 0.25) is 0 Å². The summed E-state index contributed by atoms with van der Waals surface area (Å²) in [5.41, 5.74) is 7.51. The zero-order valence-electron chi connectivity index (χ0n) is 10.4. The van der Waals surface area contributed by atoms with Gasteiger partial charge in [-0.05, 0) is 38.0 Å². The Bertz CT molecular complexity index is 496. The molecule has 3 N–H and O–H groups in total. The van der Waals surface area contributed by atoms with Gasteiger partial charge in [0.15, 0.2) is 0 Å². The Kier molecular flexibility index (Phi) is 3.31. The fraction of sp³-hybridized carbons (Fsp3) is 0.286. The van der Waals surface area contributed by atoms with Crippen LogP contribution in [0, 0.1) is 20.8 Å². The molecule has 3 nitrogen and oxygen atoms in total. The minimum atomic E-state index is -0.0939. The molecule has 0 bridgehead atoms. The number of nitrogens with two attached hydrogens (primary N) is 1. The fourth-order valence-corrected chi connectivity index (χ4v) is 2.18. The lowest BCUT2D eigenvalue weighted by molar-refractivity contribution is 0.449. The van der Waals surface area contributed by atoms with Crippen LogP contribution in [0.5, 0.6) is 0 Å². The molecule has 0 aliphatic rings. The first-order chi connectivity index (χ1) is 8.11. The highest BCUT2D eigenvalue weighted by Gasteiger charge is 2.18. The Balaban J connectivity index is 2.45. The Hall–Kier alpha value is -1.58. The molecular weight excluding hydrogens is 212 g/mol. The lowest BCUT2D eigenvalue weighted by Gasteiger charge is -2.16. The Morgan fingerprint density at radius 2 is 1.76 bits per heavy atom. The van der Waals surface area contributed by atoms with Crippen LogP contribution < -0.4 is 11.3 Å². The molecule has 90 valence electrons. The predicted octanol–water partition coefficient (Wildman–Crippen LogP) is 2.76. The molecular formula is C14H18N2O. The van der Waals surface area contributed by atoms with E-state index < -0.39 is 0 Å².